The van der Waals surface area contributed by atoms with Crippen LogP contribution in [0.15, 0.2) is 30.7 Å². The zero-order valence-electron chi connectivity index (χ0n) is 16.0. The summed E-state index contributed by atoms with van der Waals surface area (Å²) >= 11 is 6.56. The number of hydrogen-bond donors (Lipinski definition) is 1. The van der Waals surface area contributed by atoms with Gasteiger partial charge in [-0.1, -0.05) is 11.6 Å². The molecule has 1 aromatic carbocycles. The van der Waals surface area contributed by atoms with Gasteiger partial charge in [0.15, 0.2) is 5.75 Å². The molecular weight excluding hydrogens is 433 g/mol. The number of hydrogen-bond acceptors (Lipinski definition) is 7. The number of ether oxygens (including phenoxy) is 1. The van der Waals surface area contributed by atoms with Crippen LogP contribution in [0.25, 0.3) is 22.2 Å². The first-order chi connectivity index (χ1) is 14.7. The number of anilines is 2. The summed E-state index contributed by atoms with van der Waals surface area (Å²) in [7, 11) is 0. The highest BCUT2D eigenvalue weighted by Gasteiger charge is 2.38. The van der Waals surface area contributed by atoms with Crippen molar-refractivity contribution in [3.05, 3.63) is 46.9 Å². The average molecular weight is 447 g/mol. The van der Waals surface area contributed by atoms with Crippen molar-refractivity contribution in [2.75, 3.05) is 23.8 Å². The lowest BCUT2D eigenvalue weighted by atomic mass is 9.99. The average Bonchev–Trinajstić information content (AvgIpc) is 2.88. The Morgan fingerprint density at radius 3 is 2.81 bits per heavy atom. The van der Waals surface area contributed by atoms with Crippen LogP contribution in [0.4, 0.5) is 24.8 Å². The Kier molecular flexibility index (Phi) is 5.07. The van der Waals surface area contributed by atoms with Gasteiger partial charge in [0, 0.05) is 17.8 Å². The molecule has 4 rings (SSSR count). The molecule has 3 aromatic rings. The maximum atomic E-state index is 13.8. The number of nitriles is 1. The normalized spacial score (nSPS) is 13.9. The summed E-state index contributed by atoms with van der Waals surface area (Å²) in [6, 6.07) is 4.47. The molecule has 3 heterocycles. The van der Waals surface area contributed by atoms with E-state index >= 15 is 0 Å². The number of rotatable bonds is 2. The monoisotopic (exact) mass is 446 g/mol. The van der Waals surface area contributed by atoms with Crippen LogP contribution < -0.4 is 15.4 Å². The fourth-order valence-electron chi connectivity index (χ4n) is 3.55. The first kappa shape index (κ1) is 20.7. The Hall–Kier alpha value is -3.58. The van der Waals surface area contributed by atoms with E-state index in [1.54, 1.807) is 4.90 Å². The second-order valence-electron chi connectivity index (χ2n) is 6.73. The molecule has 0 atom stereocenters. The van der Waals surface area contributed by atoms with E-state index in [0.717, 1.165) is 6.07 Å². The standard InChI is InChI=1S/C20H14ClF3N6O/c1-10-7-13(26)29-17(15(10)20(22,23)24)11-8-12-14-18(16(11)21)31-6-5-30(4-2-3-25)19(14)28-9-27-12/h2,4,7-9H,5-6H2,1H3,(H2,26,29). The van der Waals surface area contributed by atoms with Crippen LogP contribution >= 0.6 is 11.6 Å². The van der Waals surface area contributed by atoms with Crippen LogP contribution in [-0.2, 0) is 6.18 Å². The number of nitrogens with two attached hydrogens (primary N) is 1. The highest BCUT2D eigenvalue weighted by atomic mass is 35.5. The SMILES string of the molecule is Cc1cc(N)nc(-c2cc3ncnc4c3c(c2Cl)OCCN4C=CC#N)c1C(F)(F)F. The summed E-state index contributed by atoms with van der Waals surface area (Å²) < 4.78 is 47.3. The van der Waals surface area contributed by atoms with Crippen molar-refractivity contribution in [3.63, 3.8) is 0 Å². The van der Waals surface area contributed by atoms with Crippen LogP contribution in [0.2, 0.25) is 5.02 Å². The summed E-state index contributed by atoms with van der Waals surface area (Å²) in [5.41, 5.74) is 4.65. The van der Waals surface area contributed by atoms with Crippen molar-refractivity contribution in [1.29, 1.82) is 5.26 Å². The second kappa shape index (κ2) is 7.59. The number of nitrogens with zero attached hydrogens (tertiary/aromatic N) is 5. The third-order valence-corrected chi connectivity index (χ3v) is 5.13. The van der Waals surface area contributed by atoms with Crippen molar-refractivity contribution in [3.8, 4) is 23.1 Å². The minimum atomic E-state index is -4.68. The first-order valence-electron chi connectivity index (χ1n) is 9.00. The molecule has 0 saturated carbocycles. The number of benzene rings is 1. The van der Waals surface area contributed by atoms with Gasteiger partial charge in [0.1, 0.15) is 24.6 Å². The molecule has 31 heavy (non-hydrogen) atoms. The molecule has 2 N–H and O–H groups in total. The van der Waals surface area contributed by atoms with Gasteiger partial charge in [0.05, 0.1) is 39.8 Å². The summed E-state index contributed by atoms with van der Waals surface area (Å²) in [6.07, 6.45) is -0.583. The molecule has 0 radical (unpaired) electrons. The Morgan fingerprint density at radius 1 is 1.32 bits per heavy atom. The Morgan fingerprint density at radius 2 is 2.10 bits per heavy atom. The number of pyridine rings is 1. The summed E-state index contributed by atoms with van der Waals surface area (Å²) in [5, 5.41) is 9.21. The van der Waals surface area contributed by atoms with Gasteiger partial charge in [0.25, 0.3) is 0 Å². The fourth-order valence-corrected chi connectivity index (χ4v) is 3.84. The molecule has 0 saturated heterocycles. The van der Waals surface area contributed by atoms with E-state index < -0.39 is 17.4 Å². The molecule has 0 spiro atoms. The first-order valence-corrected chi connectivity index (χ1v) is 9.37. The van der Waals surface area contributed by atoms with E-state index in [4.69, 9.17) is 27.3 Å². The molecule has 7 nitrogen and oxygen atoms in total. The van der Waals surface area contributed by atoms with Gasteiger partial charge in [0.2, 0.25) is 0 Å². The van der Waals surface area contributed by atoms with Gasteiger partial charge in [-0.3, -0.25) is 0 Å². The van der Waals surface area contributed by atoms with Gasteiger partial charge >= 0.3 is 6.18 Å². The van der Waals surface area contributed by atoms with Crippen LogP contribution in [0.5, 0.6) is 5.75 Å². The molecule has 158 valence electrons. The Balaban J connectivity index is 2.05. The molecule has 2 aromatic heterocycles. The van der Waals surface area contributed by atoms with E-state index in [0.29, 0.717) is 23.3 Å². The predicted octanol–water partition coefficient (Wildman–Crippen LogP) is 4.49. The largest absolute Gasteiger partial charge is 0.489 e. The number of nitrogen functional groups attached to an aromatic ring is 1. The minimum absolute atomic E-state index is 0.00226. The number of aromatic nitrogens is 3. The quantitative estimate of drug-likeness (QED) is 0.578. The van der Waals surface area contributed by atoms with Crippen LogP contribution in [0.1, 0.15) is 11.1 Å². The highest BCUT2D eigenvalue weighted by molar-refractivity contribution is 6.36. The zero-order chi connectivity index (χ0) is 22.3. The lowest BCUT2D eigenvalue weighted by Gasteiger charge is -2.19. The predicted molar refractivity (Wildman–Crippen MR) is 110 cm³/mol. The summed E-state index contributed by atoms with van der Waals surface area (Å²) in [4.78, 5) is 14.1. The third-order valence-electron chi connectivity index (χ3n) is 4.76. The van der Waals surface area contributed by atoms with Crippen LogP contribution in [0.3, 0.4) is 0 Å². The Labute approximate surface area is 179 Å². The topological polar surface area (TPSA) is 101 Å². The minimum Gasteiger partial charge on any atom is -0.489 e. The molecule has 0 fully saturated rings. The van der Waals surface area contributed by atoms with E-state index in [9.17, 15) is 13.2 Å². The van der Waals surface area contributed by atoms with Crippen molar-refractivity contribution < 1.29 is 17.9 Å². The lowest BCUT2D eigenvalue weighted by molar-refractivity contribution is -0.137. The zero-order valence-corrected chi connectivity index (χ0v) is 16.8. The van der Waals surface area contributed by atoms with Crippen LogP contribution in [0, 0.1) is 18.3 Å². The van der Waals surface area contributed by atoms with Crippen LogP contribution in [-0.4, -0.2) is 28.1 Å². The maximum Gasteiger partial charge on any atom is 0.418 e. The van der Waals surface area contributed by atoms with Gasteiger partial charge in [-0.15, -0.1) is 0 Å². The van der Waals surface area contributed by atoms with Crippen molar-refractivity contribution in [2.45, 2.75) is 13.1 Å². The van der Waals surface area contributed by atoms with E-state index in [1.807, 2.05) is 6.07 Å². The number of allylic oxidation sites excluding steroid dienone is 1. The highest BCUT2D eigenvalue weighted by Crippen LogP contribution is 2.47. The lowest BCUT2D eigenvalue weighted by Crippen LogP contribution is -2.21. The molecule has 0 aliphatic carbocycles. The summed E-state index contributed by atoms with van der Waals surface area (Å²) in [5.74, 6) is 0.498. The van der Waals surface area contributed by atoms with Gasteiger partial charge in [-0.05, 0) is 24.6 Å². The molecule has 0 amide bonds. The molecule has 11 heteroatoms. The van der Waals surface area contributed by atoms with Gasteiger partial charge < -0.3 is 15.4 Å². The van der Waals surface area contributed by atoms with Gasteiger partial charge in [-0.25, -0.2) is 15.0 Å². The van der Waals surface area contributed by atoms with E-state index in [-0.39, 0.29) is 34.3 Å². The molecule has 0 unspecified atom stereocenters. The maximum absolute atomic E-state index is 13.8. The van der Waals surface area contributed by atoms with E-state index in [2.05, 4.69) is 15.0 Å². The fraction of sp³-hybridized carbons (Fsp3) is 0.200. The van der Waals surface area contributed by atoms with E-state index in [1.165, 1.54) is 31.6 Å². The molecule has 1 aliphatic rings. The molecule has 0 bridgehead atoms. The smallest absolute Gasteiger partial charge is 0.418 e. The Bertz CT molecular complexity index is 1270. The van der Waals surface area contributed by atoms with Crippen molar-refractivity contribution in [2.24, 2.45) is 0 Å². The number of aryl methyl sites for hydroxylation is 1. The summed E-state index contributed by atoms with van der Waals surface area (Å²) in [6.45, 7) is 1.80. The van der Waals surface area contributed by atoms with Crippen molar-refractivity contribution in [1.82, 2.24) is 15.0 Å². The van der Waals surface area contributed by atoms with Crippen molar-refractivity contribution >= 4 is 34.1 Å². The molecular formula is C20H14ClF3N6O. The number of alkyl halides is 3. The third kappa shape index (κ3) is 3.57. The van der Waals surface area contributed by atoms with Gasteiger partial charge in [-0.2, -0.15) is 18.4 Å². The second-order valence-corrected chi connectivity index (χ2v) is 7.11. The molecule has 1 aliphatic heterocycles. The number of halogens is 4.